The summed E-state index contributed by atoms with van der Waals surface area (Å²) in [6.07, 6.45) is 6.78. The average Bonchev–Trinajstić information content (AvgIpc) is 3.21. The number of aromatic amines is 1. The Morgan fingerprint density at radius 2 is 2.27 bits per heavy atom. The Morgan fingerprint density at radius 3 is 3.00 bits per heavy atom. The van der Waals surface area contributed by atoms with Gasteiger partial charge in [0, 0.05) is 43.9 Å². The van der Waals surface area contributed by atoms with Gasteiger partial charge in [-0.05, 0) is 38.2 Å². The molecule has 0 radical (unpaired) electrons. The van der Waals surface area contributed by atoms with Crippen LogP contribution in [0.1, 0.15) is 46.9 Å². The average molecular weight is 355 g/mol. The minimum Gasteiger partial charge on any atom is -0.380 e. The largest absolute Gasteiger partial charge is 0.380 e. The normalized spacial score (nSPS) is 22.6. The zero-order valence-corrected chi connectivity index (χ0v) is 15.2. The van der Waals surface area contributed by atoms with Crippen LogP contribution in [0.2, 0.25) is 0 Å². The Balaban J connectivity index is 1.45. The van der Waals surface area contributed by atoms with Gasteiger partial charge in [-0.15, -0.1) is 0 Å². The fourth-order valence-corrected chi connectivity index (χ4v) is 3.71. The van der Waals surface area contributed by atoms with Crippen molar-refractivity contribution in [3.63, 3.8) is 0 Å². The monoisotopic (exact) mass is 355 g/mol. The van der Waals surface area contributed by atoms with E-state index >= 15 is 0 Å². The number of anilines is 1. The van der Waals surface area contributed by atoms with Crippen LogP contribution in [0.5, 0.6) is 0 Å². The van der Waals surface area contributed by atoms with Crippen molar-refractivity contribution in [3.8, 4) is 0 Å². The molecule has 1 aliphatic heterocycles. The smallest absolute Gasteiger partial charge is 0.253 e. The maximum absolute atomic E-state index is 12.7. The maximum Gasteiger partial charge on any atom is 0.253 e. The van der Waals surface area contributed by atoms with Gasteiger partial charge in [0.15, 0.2) is 0 Å². The van der Waals surface area contributed by atoms with Gasteiger partial charge in [-0.1, -0.05) is 0 Å². The topological polar surface area (TPSA) is 83.1 Å². The summed E-state index contributed by atoms with van der Waals surface area (Å²) >= 11 is 0. The third-order valence-electron chi connectivity index (χ3n) is 5.30. The van der Waals surface area contributed by atoms with Gasteiger partial charge in [-0.3, -0.25) is 4.79 Å². The molecule has 1 saturated carbocycles. The van der Waals surface area contributed by atoms with E-state index in [1.165, 1.54) is 12.8 Å². The standard InChI is InChI=1S/C19H25N5O2/c1-12-7-17(23-11-22-12)24-10-15(26-2)8-14(24)9-21-19(25)16-5-6-20-18(16)13-3-4-13/h5-7,11,13-15,20H,3-4,8-10H2,1-2H3,(H,21,25)/t14-,15-/m0/s1. The van der Waals surface area contributed by atoms with E-state index in [9.17, 15) is 4.79 Å². The van der Waals surface area contributed by atoms with Crippen LogP contribution in [0.15, 0.2) is 24.7 Å². The summed E-state index contributed by atoms with van der Waals surface area (Å²) in [6, 6.07) is 4.01. The third kappa shape index (κ3) is 3.44. The number of amides is 1. The van der Waals surface area contributed by atoms with Gasteiger partial charge < -0.3 is 19.9 Å². The summed E-state index contributed by atoms with van der Waals surface area (Å²) in [7, 11) is 1.73. The minimum absolute atomic E-state index is 0.00663. The van der Waals surface area contributed by atoms with Gasteiger partial charge in [0.05, 0.1) is 17.7 Å². The molecule has 1 amide bonds. The van der Waals surface area contributed by atoms with Gasteiger partial charge in [0.25, 0.3) is 5.91 Å². The van der Waals surface area contributed by atoms with Crippen LogP contribution in [-0.2, 0) is 4.74 Å². The number of aryl methyl sites for hydroxylation is 1. The molecular formula is C19H25N5O2. The molecule has 2 N–H and O–H groups in total. The van der Waals surface area contributed by atoms with E-state index in [-0.39, 0.29) is 18.1 Å². The molecule has 0 spiro atoms. The number of ether oxygens (including phenoxy) is 1. The van der Waals surface area contributed by atoms with E-state index in [0.29, 0.717) is 12.5 Å². The van der Waals surface area contributed by atoms with Crippen molar-refractivity contribution in [2.45, 2.75) is 44.2 Å². The van der Waals surface area contributed by atoms with Crippen molar-refractivity contribution < 1.29 is 9.53 Å². The Morgan fingerprint density at radius 1 is 1.42 bits per heavy atom. The van der Waals surface area contributed by atoms with Crippen LogP contribution in [-0.4, -0.2) is 53.2 Å². The number of nitrogens with one attached hydrogen (secondary N) is 2. The minimum atomic E-state index is -0.00663. The first-order valence-corrected chi connectivity index (χ1v) is 9.19. The second-order valence-corrected chi connectivity index (χ2v) is 7.21. The van der Waals surface area contributed by atoms with Crippen LogP contribution < -0.4 is 10.2 Å². The number of H-pyrrole nitrogens is 1. The Labute approximate surface area is 153 Å². The molecule has 0 bridgehead atoms. The lowest BCUT2D eigenvalue weighted by molar-refractivity contribution is 0.0945. The molecule has 0 aromatic carbocycles. The highest BCUT2D eigenvalue weighted by atomic mass is 16.5. The number of carbonyl (C=O) groups is 1. The van der Waals surface area contributed by atoms with E-state index in [1.807, 2.05) is 25.3 Å². The predicted octanol–water partition coefficient (Wildman–Crippen LogP) is 2.01. The highest BCUT2D eigenvalue weighted by Gasteiger charge is 2.34. The van der Waals surface area contributed by atoms with E-state index in [4.69, 9.17) is 4.74 Å². The lowest BCUT2D eigenvalue weighted by atomic mass is 10.1. The lowest BCUT2D eigenvalue weighted by Gasteiger charge is -2.25. The molecule has 1 aliphatic carbocycles. The zero-order valence-electron chi connectivity index (χ0n) is 15.2. The molecule has 2 aromatic rings. The van der Waals surface area contributed by atoms with Gasteiger partial charge in [-0.2, -0.15) is 0 Å². The zero-order chi connectivity index (χ0) is 18.1. The first-order valence-electron chi connectivity index (χ1n) is 9.19. The summed E-state index contributed by atoms with van der Waals surface area (Å²) in [5.74, 6) is 1.40. The fraction of sp³-hybridized carbons (Fsp3) is 0.526. The molecule has 1 saturated heterocycles. The van der Waals surface area contributed by atoms with Gasteiger partial charge in [0.1, 0.15) is 12.1 Å². The Kier molecular flexibility index (Phi) is 4.63. The van der Waals surface area contributed by atoms with Crippen LogP contribution in [0, 0.1) is 6.92 Å². The van der Waals surface area contributed by atoms with Crippen LogP contribution in [0.3, 0.4) is 0 Å². The molecule has 26 heavy (non-hydrogen) atoms. The number of methoxy groups -OCH3 is 1. The van der Waals surface area contributed by atoms with E-state index in [0.717, 1.165) is 35.7 Å². The first kappa shape index (κ1) is 17.0. The number of carbonyl (C=O) groups excluding carboxylic acids is 1. The van der Waals surface area contributed by atoms with Crippen molar-refractivity contribution >= 4 is 11.7 Å². The molecule has 138 valence electrons. The molecule has 4 rings (SSSR count). The second-order valence-electron chi connectivity index (χ2n) is 7.21. The fourth-order valence-electron chi connectivity index (χ4n) is 3.71. The molecule has 7 nitrogen and oxygen atoms in total. The van der Waals surface area contributed by atoms with Crippen molar-refractivity contribution in [1.82, 2.24) is 20.3 Å². The van der Waals surface area contributed by atoms with E-state index in [2.05, 4.69) is 25.2 Å². The summed E-state index contributed by atoms with van der Waals surface area (Å²) in [4.78, 5) is 26.7. The van der Waals surface area contributed by atoms with Crippen molar-refractivity contribution in [2.24, 2.45) is 0 Å². The maximum atomic E-state index is 12.7. The molecule has 2 aromatic heterocycles. The second kappa shape index (κ2) is 7.07. The van der Waals surface area contributed by atoms with Crippen LogP contribution >= 0.6 is 0 Å². The number of hydrogen-bond acceptors (Lipinski definition) is 5. The van der Waals surface area contributed by atoms with Crippen molar-refractivity contribution in [1.29, 1.82) is 0 Å². The molecule has 2 atom stereocenters. The lowest BCUT2D eigenvalue weighted by Crippen LogP contribution is -2.40. The van der Waals surface area contributed by atoms with Crippen LogP contribution in [0.4, 0.5) is 5.82 Å². The molecule has 7 heteroatoms. The van der Waals surface area contributed by atoms with Gasteiger partial charge in [0.2, 0.25) is 0 Å². The molecular weight excluding hydrogens is 330 g/mol. The summed E-state index contributed by atoms with van der Waals surface area (Å²) in [5, 5.41) is 3.11. The summed E-state index contributed by atoms with van der Waals surface area (Å²) in [6.45, 7) is 3.29. The van der Waals surface area contributed by atoms with Crippen molar-refractivity contribution in [3.05, 3.63) is 41.6 Å². The number of aromatic nitrogens is 3. The predicted molar refractivity (Wildman–Crippen MR) is 98.4 cm³/mol. The number of hydrogen-bond donors (Lipinski definition) is 2. The van der Waals surface area contributed by atoms with E-state index < -0.39 is 0 Å². The number of nitrogens with zero attached hydrogens (tertiary/aromatic N) is 3. The molecule has 3 heterocycles. The molecule has 2 fully saturated rings. The summed E-state index contributed by atoms with van der Waals surface area (Å²) in [5.41, 5.74) is 2.78. The number of rotatable bonds is 6. The molecule has 0 unspecified atom stereocenters. The van der Waals surface area contributed by atoms with Gasteiger partial charge in [-0.25, -0.2) is 9.97 Å². The SMILES string of the molecule is CO[C@H]1C[C@@H](CNC(=O)c2cc[nH]c2C2CC2)N(c2cc(C)ncn2)C1. The van der Waals surface area contributed by atoms with Crippen LogP contribution in [0.25, 0.3) is 0 Å². The Hall–Kier alpha value is -2.41. The van der Waals surface area contributed by atoms with Crippen molar-refractivity contribution in [2.75, 3.05) is 25.1 Å². The summed E-state index contributed by atoms with van der Waals surface area (Å²) < 4.78 is 5.56. The molecule has 2 aliphatic rings. The Bertz CT molecular complexity index is 786. The quantitative estimate of drug-likeness (QED) is 0.828. The third-order valence-corrected chi connectivity index (χ3v) is 5.30. The van der Waals surface area contributed by atoms with Gasteiger partial charge >= 0.3 is 0 Å². The highest BCUT2D eigenvalue weighted by molar-refractivity contribution is 5.95. The van der Waals surface area contributed by atoms with E-state index in [1.54, 1.807) is 13.4 Å². The highest BCUT2D eigenvalue weighted by Crippen LogP contribution is 2.40. The first-order chi connectivity index (χ1) is 12.7.